The van der Waals surface area contributed by atoms with Gasteiger partial charge in [-0.05, 0) is 25.8 Å². The van der Waals surface area contributed by atoms with E-state index < -0.39 is 0 Å². The number of H-pyrrole nitrogens is 1. The van der Waals surface area contributed by atoms with Crippen molar-refractivity contribution in [1.82, 2.24) is 25.3 Å². The molecular formula is C14H19N5. The first-order chi connectivity index (χ1) is 9.38. The third kappa shape index (κ3) is 2.51. The molecule has 0 aromatic carbocycles. The monoisotopic (exact) mass is 257 g/mol. The standard InChI is InChI=1S/C14H19N5/c1-2-15-11-5-3-4-6-12-10(11)9-18-14(19-12)13-16-7-8-17-13/h7-9,11,15H,2-6H2,1H3,(H,16,17). The smallest absolute Gasteiger partial charge is 0.195 e. The van der Waals surface area contributed by atoms with Gasteiger partial charge in [-0.15, -0.1) is 0 Å². The summed E-state index contributed by atoms with van der Waals surface area (Å²) in [6, 6.07) is 0.396. The zero-order chi connectivity index (χ0) is 13.1. The van der Waals surface area contributed by atoms with Gasteiger partial charge in [0, 0.05) is 35.9 Å². The van der Waals surface area contributed by atoms with Gasteiger partial charge in [-0.1, -0.05) is 13.3 Å². The Morgan fingerprint density at radius 2 is 2.32 bits per heavy atom. The lowest BCUT2D eigenvalue weighted by atomic mass is 10.1. The van der Waals surface area contributed by atoms with Crippen molar-refractivity contribution in [1.29, 1.82) is 0 Å². The maximum Gasteiger partial charge on any atom is 0.195 e. The number of aromatic nitrogens is 4. The molecule has 0 aliphatic heterocycles. The van der Waals surface area contributed by atoms with Crippen molar-refractivity contribution in [3.63, 3.8) is 0 Å². The predicted octanol–water partition coefficient (Wildman–Crippen LogP) is 2.24. The van der Waals surface area contributed by atoms with E-state index in [1.54, 1.807) is 12.4 Å². The summed E-state index contributed by atoms with van der Waals surface area (Å²) in [5, 5.41) is 3.53. The molecule has 2 aromatic rings. The van der Waals surface area contributed by atoms with Crippen molar-refractivity contribution in [2.24, 2.45) is 0 Å². The second-order valence-corrected chi connectivity index (χ2v) is 4.89. The fraction of sp³-hybridized carbons (Fsp3) is 0.500. The van der Waals surface area contributed by atoms with Crippen LogP contribution < -0.4 is 5.32 Å². The van der Waals surface area contributed by atoms with Crippen LogP contribution in [0.3, 0.4) is 0 Å². The maximum atomic E-state index is 4.70. The lowest BCUT2D eigenvalue weighted by molar-refractivity contribution is 0.502. The van der Waals surface area contributed by atoms with Crippen LogP contribution >= 0.6 is 0 Å². The molecule has 5 heteroatoms. The molecule has 0 saturated heterocycles. The highest BCUT2D eigenvalue weighted by atomic mass is 15.0. The first-order valence-electron chi connectivity index (χ1n) is 6.97. The van der Waals surface area contributed by atoms with Gasteiger partial charge in [-0.25, -0.2) is 15.0 Å². The summed E-state index contributed by atoms with van der Waals surface area (Å²) in [6.45, 7) is 3.12. The molecule has 100 valence electrons. The summed E-state index contributed by atoms with van der Waals surface area (Å²) in [5.74, 6) is 1.44. The van der Waals surface area contributed by atoms with Crippen molar-refractivity contribution < 1.29 is 0 Å². The Labute approximate surface area is 112 Å². The molecular weight excluding hydrogens is 238 g/mol. The number of hydrogen-bond acceptors (Lipinski definition) is 4. The largest absolute Gasteiger partial charge is 0.342 e. The van der Waals surface area contributed by atoms with Crippen molar-refractivity contribution in [2.75, 3.05) is 6.54 Å². The molecule has 1 unspecified atom stereocenters. The Morgan fingerprint density at radius 1 is 1.37 bits per heavy atom. The molecule has 0 amide bonds. The maximum absolute atomic E-state index is 4.70. The van der Waals surface area contributed by atoms with E-state index in [2.05, 4.69) is 27.2 Å². The van der Waals surface area contributed by atoms with Gasteiger partial charge in [0.05, 0.1) is 0 Å². The normalized spacial score (nSPS) is 18.9. The molecule has 5 nitrogen and oxygen atoms in total. The quantitative estimate of drug-likeness (QED) is 0.828. The third-order valence-electron chi connectivity index (χ3n) is 3.59. The van der Waals surface area contributed by atoms with Crippen LogP contribution in [-0.2, 0) is 6.42 Å². The number of hydrogen-bond donors (Lipinski definition) is 2. The highest BCUT2D eigenvalue weighted by Gasteiger charge is 2.20. The molecule has 1 atom stereocenters. The Morgan fingerprint density at radius 3 is 3.11 bits per heavy atom. The third-order valence-corrected chi connectivity index (χ3v) is 3.59. The lowest BCUT2D eigenvalue weighted by Gasteiger charge is -2.17. The molecule has 1 aliphatic rings. The van der Waals surface area contributed by atoms with Gasteiger partial charge in [-0.2, -0.15) is 0 Å². The van der Waals surface area contributed by atoms with Crippen molar-refractivity contribution in [3.8, 4) is 11.6 Å². The summed E-state index contributed by atoms with van der Waals surface area (Å²) < 4.78 is 0. The van der Waals surface area contributed by atoms with Gasteiger partial charge >= 0.3 is 0 Å². The SMILES string of the molecule is CCNC1CCCCc2nc(-c3ncc[nH]3)ncc21. The van der Waals surface area contributed by atoms with Crippen LogP contribution in [0.1, 0.15) is 43.5 Å². The van der Waals surface area contributed by atoms with E-state index in [-0.39, 0.29) is 0 Å². The first-order valence-corrected chi connectivity index (χ1v) is 6.97. The Balaban J connectivity index is 1.97. The number of fused-ring (bicyclic) bond motifs is 1. The van der Waals surface area contributed by atoms with Crippen molar-refractivity contribution >= 4 is 0 Å². The highest BCUT2D eigenvalue weighted by Crippen LogP contribution is 2.27. The molecule has 0 fully saturated rings. The van der Waals surface area contributed by atoms with E-state index in [9.17, 15) is 0 Å². The molecule has 2 heterocycles. The molecule has 1 aliphatic carbocycles. The number of rotatable bonds is 3. The Hall–Kier alpha value is -1.75. The van der Waals surface area contributed by atoms with Crippen LogP contribution in [-0.4, -0.2) is 26.5 Å². The molecule has 0 bridgehead atoms. The summed E-state index contributed by atoms with van der Waals surface area (Å²) in [7, 11) is 0. The van der Waals surface area contributed by atoms with Crippen molar-refractivity contribution in [3.05, 3.63) is 29.8 Å². The molecule has 19 heavy (non-hydrogen) atoms. The lowest BCUT2D eigenvalue weighted by Crippen LogP contribution is -2.21. The van der Waals surface area contributed by atoms with E-state index in [0.29, 0.717) is 11.9 Å². The number of aryl methyl sites for hydroxylation is 1. The van der Waals surface area contributed by atoms with E-state index in [0.717, 1.165) is 18.8 Å². The minimum atomic E-state index is 0.396. The molecule has 0 radical (unpaired) electrons. The van der Waals surface area contributed by atoms with Crippen LogP contribution in [0, 0.1) is 0 Å². The van der Waals surface area contributed by atoms with Crippen LogP contribution in [0.2, 0.25) is 0 Å². The summed E-state index contributed by atoms with van der Waals surface area (Å²) in [5.41, 5.74) is 2.43. The fourth-order valence-corrected chi connectivity index (χ4v) is 2.67. The predicted molar refractivity (Wildman–Crippen MR) is 73.6 cm³/mol. The molecule has 0 spiro atoms. The first kappa shape index (κ1) is 12.3. The van der Waals surface area contributed by atoms with Gasteiger partial charge in [0.25, 0.3) is 0 Å². The van der Waals surface area contributed by atoms with Crippen LogP contribution in [0.15, 0.2) is 18.6 Å². The van der Waals surface area contributed by atoms with Gasteiger partial charge < -0.3 is 10.3 Å². The fourth-order valence-electron chi connectivity index (χ4n) is 2.67. The van der Waals surface area contributed by atoms with E-state index in [1.165, 1.54) is 30.5 Å². The number of nitrogens with zero attached hydrogens (tertiary/aromatic N) is 3. The van der Waals surface area contributed by atoms with Gasteiger partial charge in [0.1, 0.15) is 0 Å². The average Bonchev–Trinajstić information content (AvgIpc) is 2.89. The van der Waals surface area contributed by atoms with Gasteiger partial charge in [0.15, 0.2) is 11.6 Å². The van der Waals surface area contributed by atoms with Crippen LogP contribution in [0.5, 0.6) is 0 Å². The van der Waals surface area contributed by atoms with E-state index in [4.69, 9.17) is 4.98 Å². The minimum absolute atomic E-state index is 0.396. The minimum Gasteiger partial charge on any atom is -0.342 e. The molecule has 0 saturated carbocycles. The van der Waals surface area contributed by atoms with Gasteiger partial charge in [-0.3, -0.25) is 0 Å². The summed E-state index contributed by atoms with van der Waals surface area (Å²) >= 11 is 0. The summed E-state index contributed by atoms with van der Waals surface area (Å²) in [4.78, 5) is 16.4. The topological polar surface area (TPSA) is 66.5 Å². The number of imidazole rings is 1. The zero-order valence-corrected chi connectivity index (χ0v) is 11.2. The van der Waals surface area contributed by atoms with E-state index >= 15 is 0 Å². The number of nitrogens with one attached hydrogen (secondary N) is 2. The average molecular weight is 257 g/mol. The Kier molecular flexibility index (Phi) is 3.55. The molecule has 3 rings (SSSR count). The summed E-state index contributed by atoms with van der Waals surface area (Å²) in [6.07, 6.45) is 10.1. The van der Waals surface area contributed by atoms with Crippen LogP contribution in [0.4, 0.5) is 0 Å². The van der Waals surface area contributed by atoms with Gasteiger partial charge in [0.2, 0.25) is 0 Å². The number of aromatic amines is 1. The Bertz CT molecular complexity index is 535. The molecule has 2 aromatic heterocycles. The highest BCUT2D eigenvalue weighted by molar-refractivity contribution is 5.44. The molecule has 2 N–H and O–H groups in total. The second kappa shape index (κ2) is 5.48. The van der Waals surface area contributed by atoms with E-state index in [1.807, 2.05) is 6.20 Å². The van der Waals surface area contributed by atoms with Crippen molar-refractivity contribution in [2.45, 2.75) is 38.6 Å². The zero-order valence-electron chi connectivity index (χ0n) is 11.2. The second-order valence-electron chi connectivity index (χ2n) is 4.89. The van der Waals surface area contributed by atoms with Crippen LogP contribution in [0.25, 0.3) is 11.6 Å².